The van der Waals surface area contributed by atoms with Crippen molar-refractivity contribution in [1.82, 2.24) is 0 Å². The molecule has 0 radical (unpaired) electrons. The maximum Gasteiger partial charge on any atom is 0.135 e. The molecule has 12 rings (SSSR count). The molecule has 0 N–H and O–H groups in total. The number of allylic oxidation sites excluding steroid dienone is 3. The number of nitrogens with zero attached hydrogens (tertiary/aromatic N) is 2. The van der Waals surface area contributed by atoms with Crippen LogP contribution >= 0.6 is 0 Å². The third-order valence-electron chi connectivity index (χ3n) is 12.3. The maximum absolute atomic E-state index is 6.35. The first kappa shape index (κ1) is 34.5. The molecule has 0 atom stereocenters. The first-order valence-electron chi connectivity index (χ1n) is 20.8. The van der Waals surface area contributed by atoms with Crippen LogP contribution in [0.3, 0.4) is 0 Å². The number of aryl methyl sites for hydroxylation is 2. The normalized spacial score (nSPS) is 13.1. The highest BCUT2D eigenvalue weighted by Gasteiger charge is 2.24. The minimum atomic E-state index is 0.886. The molecule has 11 aromatic rings. The van der Waals surface area contributed by atoms with Gasteiger partial charge in [-0.2, -0.15) is 0 Å². The van der Waals surface area contributed by atoms with E-state index in [1.54, 1.807) is 0 Å². The van der Waals surface area contributed by atoms with Gasteiger partial charge in [0.05, 0.1) is 11.4 Å². The van der Waals surface area contributed by atoms with Crippen molar-refractivity contribution in [2.24, 2.45) is 0 Å². The van der Waals surface area contributed by atoms with E-state index >= 15 is 0 Å². The van der Waals surface area contributed by atoms with Gasteiger partial charge in [0.2, 0.25) is 0 Å². The summed E-state index contributed by atoms with van der Waals surface area (Å²) >= 11 is 0. The highest BCUT2D eigenvalue weighted by atomic mass is 16.3. The third kappa shape index (κ3) is 5.45. The van der Waals surface area contributed by atoms with Crippen LogP contribution in [0.15, 0.2) is 197 Å². The highest BCUT2D eigenvalue weighted by Crippen LogP contribution is 2.48. The molecule has 0 saturated carbocycles. The van der Waals surface area contributed by atoms with Crippen LogP contribution in [0.2, 0.25) is 0 Å². The van der Waals surface area contributed by atoms with Crippen molar-refractivity contribution in [3.05, 3.63) is 199 Å². The van der Waals surface area contributed by atoms with Gasteiger partial charge < -0.3 is 18.6 Å². The second-order valence-corrected chi connectivity index (χ2v) is 16.2. The molecule has 0 saturated heterocycles. The van der Waals surface area contributed by atoms with Crippen LogP contribution in [-0.4, -0.2) is 0 Å². The molecule has 4 nitrogen and oxygen atoms in total. The van der Waals surface area contributed by atoms with Crippen molar-refractivity contribution in [2.75, 3.05) is 9.80 Å². The van der Waals surface area contributed by atoms with E-state index in [1.165, 1.54) is 49.1 Å². The van der Waals surface area contributed by atoms with Crippen molar-refractivity contribution in [1.29, 1.82) is 0 Å². The van der Waals surface area contributed by atoms with Crippen molar-refractivity contribution in [3.63, 3.8) is 0 Å². The van der Waals surface area contributed by atoms with Gasteiger partial charge in [-0.3, -0.25) is 0 Å². The van der Waals surface area contributed by atoms with Crippen molar-refractivity contribution in [2.45, 2.75) is 26.7 Å². The van der Waals surface area contributed by atoms with E-state index in [4.69, 9.17) is 8.83 Å². The molecule has 1 aliphatic carbocycles. The molecule has 0 amide bonds. The lowest BCUT2D eigenvalue weighted by Gasteiger charge is -2.30. The van der Waals surface area contributed by atoms with E-state index in [0.717, 1.165) is 85.2 Å². The maximum atomic E-state index is 6.35. The second-order valence-electron chi connectivity index (χ2n) is 16.2. The van der Waals surface area contributed by atoms with E-state index in [1.807, 2.05) is 0 Å². The van der Waals surface area contributed by atoms with Gasteiger partial charge in [0.25, 0.3) is 0 Å². The first-order chi connectivity index (χ1) is 29.6. The Hall–Kier alpha value is -7.56. The van der Waals surface area contributed by atoms with Crippen LogP contribution in [-0.2, 0) is 0 Å². The molecule has 4 heteroatoms. The lowest BCUT2D eigenvalue weighted by molar-refractivity contribution is 0.668. The quantitative estimate of drug-likeness (QED) is 0.158. The number of para-hydroxylation sites is 1. The zero-order valence-corrected chi connectivity index (χ0v) is 33.4. The number of fused-ring (bicyclic) bond motifs is 11. The first-order valence-corrected chi connectivity index (χ1v) is 20.8. The van der Waals surface area contributed by atoms with E-state index < -0.39 is 0 Å². The zero-order chi connectivity index (χ0) is 39.9. The predicted octanol–water partition coefficient (Wildman–Crippen LogP) is 16.4. The molecule has 0 spiro atoms. The Morgan fingerprint density at radius 1 is 0.367 bits per heavy atom. The van der Waals surface area contributed by atoms with Crippen LogP contribution in [0, 0.1) is 13.8 Å². The summed E-state index contributed by atoms with van der Waals surface area (Å²) < 4.78 is 12.7. The SMILES string of the molecule is Cc1ccc2oc3ccc(N(C4=CCCC=C4)c4cc5c6ccccc6c(N(c6ccccc6)c6ccc7oc8ccc(C)cc8c7c6)cc5c5ccccc45)cc3c2c1. The molecule has 60 heavy (non-hydrogen) atoms. The van der Waals surface area contributed by atoms with Gasteiger partial charge in [-0.1, -0.05) is 102 Å². The number of benzene rings is 9. The fourth-order valence-corrected chi connectivity index (χ4v) is 9.52. The number of rotatable bonds is 6. The van der Waals surface area contributed by atoms with Crippen molar-refractivity contribution < 1.29 is 8.83 Å². The Kier molecular flexibility index (Phi) is 7.76. The lowest BCUT2D eigenvalue weighted by atomic mass is 9.93. The van der Waals surface area contributed by atoms with Crippen LogP contribution in [0.1, 0.15) is 24.0 Å². The van der Waals surface area contributed by atoms with Crippen LogP contribution in [0.5, 0.6) is 0 Å². The minimum absolute atomic E-state index is 0.886. The smallest absolute Gasteiger partial charge is 0.135 e. The highest BCUT2D eigenvalue weighted by molar-refractivity contribution is 6.24. The van der Waals surface area contributed by atoms with Gasteiger partial charge in [-0.15, -0.1) is 0 Å². The Balaban J connectivity index is 1.13. The number of hydrogen-bond donors (Lipinski definition) is 0. The van der Waals surface area contributed by atoms with Crippen LogP contribution in [0.25, 0.3) is 76.2 Å². The monoisotopic (exact) mass is 772 g/mol. The minimum Gasteiger partial charge on any atom is -0.456 e. The molecule has 1 aliphatic rings. The van der Waals surface area contributed by atoms with Gasteiger partial charge >= 0.3 is 0 Å². The largest absolute Gasteiger partial charge is 0.456 e. The molecule has 286 valence electrons. The fraction of sp³-hybridized carbons (Fsp3) is 0.0714. The molecule has 0 fully saturated rings. The molecule has 0 unspecified atom stereocenters. The van der Waals surface area contributed by atoms with Gasteiger partial charge in [0.15, 0.2) is 0 Å². The summed E-state index contributed by atoms with van der Waals surface area (Å²) in [4.78, 5) is 4.87. The molecular weight excluding hydrogens is 733 g/mol. The summed E-state index contributed by atoms with van der Waals surface area (Å²) in [5.74, 6) is 0. The van der Waals surface area contributed by atoms with Gasteiger partial charge in [0, 0.05) is 55.1 Å². The Morgan fingerprint density at radius 3 is 1.37 bits per heavy atom. The van der Waals surface area contributed by atoms with Crippen molar-refractivity contribution in [3.8, 4) is 0 Å². The zero-order valence-electron chi connectivity index (χ0n) is 33.4. The van der Waals surface area contributed by atoms with E-state index in [0.29, 0.717) is 0 Å². The Morgan fingerprint density at radius 2 is 0.833 bits per heavy atom. The standard InChI is InChI=1S/C56H40N2O2/c1-35-21-25-53-47(29-35)49-31-39(23-27-55(49)59-53)57(37-13-5-3-6-14-37)51-33-45-42-18-10-12-20-44(42)52(34-46(45)41-17-9-11-19-43(41)51)58(38-15-7-4-8-16-38)40-24-28-56-50(32-40)48-30-36(2)22-26-54(48)60-56/h3,5-7,9-34H,4,8H2,1-2H3. The molecule has 2 aromatic heterocycles. The van der Waals surface area contributed by atoms with Crippen LogP contribution < -0.4 is 9.80 Å². The number of hydrogen-bond acceptors (Lipinski definition) is 4. The topological polar surface area (TPSA) is 32.8 Å². The summed E-state index contributed by atoms with van der Waals surface area (Å²) in [6.07, 6.45) is 8.98. The summed E-state index contributed by atoms with van der Waals surface area (Å²) in [7, 11) is 0. The fourth-order valence-electron chi connectivity index (χ4n) is 9.52. The van der Waals surface area contributed by atoms with E-state index in [-0.39, 0.29) is 0 Å². The van der Waals surface area contributed by atoms with Gasteiger partial charge in [-0.25, -0.2) is 0 Å². The molecule has 0 aliphatic heterocycles. The average Bonchev–Trinajstić information content (AvgIpc) is 3.84. The summed E-state index contributed by atoms with van der Waals surface area (Å²) in [6.45, 7) is 4.28. The molecular formula is C56H40N2O2. The Bertz CT molecular complexity index is 3590. The van der Waals surface area contributed by atoms with E-state index in [9.17, 15) is 0 Å². The van der Waals surface area contributed by atoms with E-state index in [2.05, 4.69) is 206 Å². The number of anilines is 5. The summed E-state index contributed by atoms with van der Waals surface area (Å²) in [6, 6.07) is 59.5. The summed E-state index contributed by atoms with van der Waals surface area (Å²) in [5, 5.41) is 11.7. The molecule has 2 heterocycles. The molecule has 0 bridgehead atoms. The third-order valence-corrected chi connectivity index (χ3v) is 12.3. The molecule has 9 aromatic carbocycles. The van der Waals surface area contributed by atoms with Gasteiger partial charge in [-0.05, 0) is 139 Å². The van der Waals surface area contributed by atoms with Crippen molar-refractivity contribution >= 4 is 105 Å². The van der Waals surface area contributed by atoms with Gasteiger partial charge in [0.1, 0.15) is 22.3 Å². The second kappa shape index (κ2) is 13.5. The van der Waals surface area contributed by atoms with Crippen LogP contribution in [0.4, 0.5) is 28.4 Å². The Labute approximate surface area is 347 Å². The lowest BCUT2D eigenvalue weighted by Crippen LogP contribution is -2.16. The average molecular weight is 773 g/mol. The number of furan rings is 2. The predicted molar refractivity (Wildman–Crippen MR) is 253 cm³/mol. The summed E-state index contributed by atoms with van der Waals surface area (Å²) in [5.41, 5.74) is 12.7.